The van der Waals surface area contributed by atoms with Crippen LogP contribution in [0.5, 0.6) is 0 Å². The molecule has 0 saturated carbocycles. The fraction of sp³-hybridized carbons (Fsp3) is 0.320. The molecule has 1 N–H and O–H groups in total. The Labute approximate surface area is 207 Å². The topological polar surface area (TPSA) is 106 Å². The summed E-state index contributed by atoms with van der Waals surface area (Å²) in [6.45, 7) is 9.26. The van der Waals surface area contributed by atoms with E-state index in [-0.39, 0.29) is 24.2 Å². The number of amides is 2. The second kappa shape index (κ2) is 9.83. The molecule has 0 radical (unpaired) electrons. The molecule has 0 fully saturated rings. The Morgan fingerprint density at radius 3 is 2.51 bits per heavy atom. The van der Waals surface area contributed by atoms with Gasteiger partial charge in [0.1, 0.15) is 18.3 Å². The molecule has 0 aliphatic carbocycles. The number of aromatic nitrogens is 4. The van der Waals surface area contributed by atoms with Crippen molar-refractivity contribution in [1.29, 1.82) is 0 Å². The van der Waals surface area contributed by atoms with Gasteiger partial charge in [-0.1, -0.05) is 24.3 Å². The third-order valence-corrected chi connectivity index (χ3v) is 6.08. The van der Waals surface area contributed by atoms with Gasteiger partial charge in [-0.2, -0.15) is 4.80 Å². The summed E-state index contributed by atoms with van der Waals surface area (Å²) in [7, 11) is 0. The number of hydrogen-bond donors (Lipinski definition) is 1. The molecule has 182 valence electrons. The van der Waals surface area contributed by atoms with E-state index in [1.807, 2.05) is 76.4 Å². The second-order valence-electron chi connectivity index (χ2n) is 9.26. The Hall–Kier alpha value is -3.79. The van der Waals surface area contributed by atoms with Crippen LogP contribution in [-0.2, 0) is 16.1 Å². The molecule has 1 atom stereocenters. The molecule has 0 spiro atoms. The summed E-state index contributed by atoms with van der Waals surface area (Å²) >= 11 is 1.42. The summed E-state index contributed by atoms with van der Waals surface area (Å²) < 4.78 is 5.56. The highest BCUT2D eigenvalue weighted by Crippen LogP contribution is 2.33. The van der Waals surface area contributed by atoms with E-state index in [1.165, 1.54) is 21.0 Å². The van der Waals surface area contributed by atoms with Gasteiger partial charge in [0.15, 0.2) is 5.76 Å². The van der Waals surface area contributed by atoms with Crippen LogP contribution < -0.4 is 10.2 Å². The summed E-state index contributed by atoms with van der Waals surface area (Å²) in [4.78, 5) is 30.9. The van der Waals surface area contributed by atoms with Crippen molar-refractivity contribution in [2.24, 2.45) is 0 Å². The van der Waals surface area contributed by atoms with Crippen LogP contribution in [0.4, 0.5) is 5.69 Å². The smallest absolute Gasteiger partial charge is 0.251 e. The van der Waals surface area contributed by atoms with Crippen molar-refractivity contribution in [3.05, 3.63) is 70.1 Å². The Kier molecular flexibility index (Phi) is 6.83. The summed E-state index contributed by atoms with van der Waals surface area (Å²) in [5.41, 5.74) is 1.03. The van der Waals surface area contributed by atoms with E-state index in [0.717, 1.165) is 16.2 Å². The standard InChI is InChI=1S/C25H28N6O3S/c1-16-9-6-7-10-18(16)31(22(20-11-8-14-35-20)24(33)26-25(3,4)5)21(32)15-30-28-23(27-29-30)19-13-12-17(2)34-19/h6-14,22H,15H2,1-5H3,(H,26,33). The van der Waals surface area contributed by atoms with E-state index in [9.17, 15) is 9.59 Å². The number of nitrogens with one attached hydrogen (secondary N) is 1. The molecule has 4 rings (SSSR count). The summed E-state index contributed by atoms with van der Waals surface area (Å²) in [6.07, 6.45) is 0. The van der Waals surface area contributed by atoms with Gasteiger partial charge in [0.25, 0.3) is 5.91 Å². The Balaban J connectivity index is 1.72. The lowest BCUT2D eigenvalue weighted by Crippen LogP contribution is -2.50. The number of furan rings is 1. The SMILES string of the molecule is Cc1ccc(-c2nnn(CC(=O)N(c3ccccc3C)C(C(=O)NC(C)(C)C)c3cccs3)n2)o1. The first-order valence-electron chi connectivity index (χ1n) is 11.2. The molecule has 35 heavy (non-hydrogen) atoms. The van der Waals surface area contributed by atoms with Crippen LogP contribution >= 0.6 is 11.3 Å². The lowest BCUT2D eigenvalue weighted by atomic mass is 10.0. The van der Waals surface area contributed by atoms with Gasteiger partial charge in [-0.25, -0.2) is 0 Å². The van der Waals surface area contributed by atoms with Crippen LogP contribution in [0, 0.1) is 13.8 Å². The minimum absolute atomic E-state index is 0.203. The number of rotatable bonds is 7. The molecule has 3 heterocycles. The van der Waals surface area contributed by atoms with Gasteiger partial charge in [-0.05, 0) is 75.0 Å². The molecule has 1 unspecified atom stereocenters. The van der Waals surface area contributed by atoms with Crippen LogP contribution in [0.2, 0.25) is 0 Å². The van der Waals surface area contributed by atoms with Gasteiger partial charge in [0.05, 0.1) is 0 Å². The highest BCUT2D eigenvalue weighted by atomic mass is 32.1. The van der Waals surface area contributed by atoms with Crippen LogP contribution in [-0.4, -0.2) is 37.6 Å². The van der Waals surface area contributed by atoms with E-state index in [0.29, 0.717) is 11.4 Å². The van der Waals surface area contributed by atoms with Crippen molar-refractivity contribution in [3.63, 3.8) is 0 Å². The van der Waals surface area contributed by atoms with E-state index < -0.39 is 11.6 Å². The highest BCUT2D eigenvalue weighted by Gasteiger charge is 2.36. The summed E-state index contributed by atoms with van der Waals surface area (Å²) in [5.74, 6) is 0.865. The third-order valence-electron chi connectivity index (χ3n) is 5.15. The third kappa shape index (κ3) is 5.65. The zero-order valence-electron chi connectivity index (χ0n) is 20.3. The Morgan fingerprint density at radius 2 is 1.89 bits per heavy atom. The van der Waals surface area contributed by atoms with Gasteiger partial charge in [0, 0.05) is 16.1 Å². The molecule has 0 saturated heterocycles. The van der Waals surface area contributed by atoms with Crippen molar-refractivity contribution in [1.82, 2.24) is 25.5 Å². The van der Waals surface area contributed by atoms with Gasteiger partial charge < -0.3 is 9.73 Å². The van der Waals surface area contributed by atoms with Gasteiger partial charge >= 0.3 is 0 Å². The second-order valence-corrected chi connectivity index (χ2v) is 10.2. The maximum Gasteiger partial charge on any atom is 0.251 e. The number of anilines is 1. The zero-order chi connectivity index (χ0) is 25.2. The maximum atomic E-state index is 13.8. The number of para-hydroxylation sites is 1. The van der Waals surface area contributed by atoms with E-state index in [4.69, 9.17) is 4.42 Å². The number of tetrazole rings is 1. The van der Waals surface area contributed by atoms with E-state index in [1.54, 1.807) is 12.1 Å². The molecule has 0 aliphatic rings. The van der Waals surface area contributed by atoms with Crippen molar-refractivity contribution >= 4 is 28.8 Å². The molecule has 1 aromatic carbocycles. The number of aryl methyl sites for hydroxylation is 2. The fourth-order valence-electron chi connectivity index (χ4n) is 3.67. The number of carbonyl (C=O) groups excluding carboxylic acids is 2. The molecule has 9 nitrogen and oxygen atoms in total. The van der Waals surface area contributed by atoms with Crippen LogP contribution in [0.3, 0.4) is 0 Å². The molecular formula is C25H28N6O3S. The van der Waals surface area contributed by atoms with Crippen LogP contribution in [0.1, 0.15) is 43.0 Å². The largest absolute Gasteiger partial charge is 0.458 e. The quantitative estimate of drug-likeness (QED) is 0.412. The van der Waals surface area contributed by atoms with E-state index in [2.05, 4.69) is 20.7 Å². The first-order valence-corrected chi connectivity index (χ1v) is 12.1. The number of carbonyl (C=O) groups is 2. The molecule has 10 heteroatoms. The number of benzene rings is 1. The van der Waals surface area contributed by atoms with Crippen LogP contribution in [0.25, 0.3) is 11.6 Å². The fourth-order valence-corrected chi connectivity index (χ4v) is 4.48. The number of nitrogens with zero attached hydrogens (tertiary/aromatic N) is 5. The first-order chi connectivity index (χ1) is 16.6. The predicted octanol–water partition coefficient (Wildman–Crippen LogP) is 4.30. The minimum atomic E-state index is -0.862. The molecule has 2 amide bonds. The molecule has 3 aromatic heterocycles. The van der Waals surface area contributed by atoms with Crippen molar-refractivity contribution in [2.45, 2.75) is 52.7 Å². The maximum absolute atomic E-state index is 13.8. The van der Waals surface area contributed by atoms with Crippen molar-refractivity contribution in [2.75, 3.05) is 4.90 Å². The number of thiophene rings is 1. The highest BCUT2D eigenvalue weighted by molar-refractivity contribution is 7.10. The van der Waals surface area contributed by atoms with Gasteiger partial charge in [-0.15, -0.1) is 21.5 Å². The first kappa shape index (κ1) is 24.3. The van der Waals surface area contributed by atoms with Gasteiger partial charge in [0.2, 0.25) is 11.7 Å². The minimum Gasteiger partial charge on any atom is -0.458 e. The number of hydrogen-bond acceptors (Lipinski definition) is 7. The molecular weight excluding hydrogens is 464 g/mol. The molecule has 0 aliphatic heterocycles. The summed E-state index contributed by atoms with van der Waals surface area (Å²) in [6, 6.07) is 13.9. The average molecular weight is 493 g/mol. The lowest BCUT2D eigenvalue weighted by Gasteiger charge is -2.33. The van der Waals surface area contributed by atoms with Crippen LogP contribution in [0.15, 0.2) is 58.3 Å². The average Bonchev–Trinajstić information content (AvgIpc) is 3.53. The van der Waals surface area contributed by atoms with Crippen molar-refractivity contribution in [3.8, 4) is 11.6 Å². The molecule has 4 aromatic rings. The van der Waals surface area contributed by atoms with E-state index >= 15 is 0 Å². The predicted molar refractivity (Wildman–Crippen MR) is 134 cm³/mol. The summed E-state index contributed by atoms with van der Waals surface area (Å²) in [5, 5.41) is 17.3. The Morgan fingerprint density at radius 1 is 1.11 bits per heavy atom. The lowest BCUT2D eigenvalue weighted by molar-refractivity contribution is -0.128. The monoisotopic (exact) mass is 492 g/mol. The molecule has 0 bridgehead atoms. The zero-order valence-corrected chi connectivity index (χ0v) is 21.2. The normalized spacial score (nSPS) is 12.4. The van der Waals surface area contributed by atoms with Crippen molar-refractivity contribution < 1.29 is 14.0 Å². The van der Waals surface area contributed by atoms with Gasteiger partial charge in [-0.3, -0.25) is 14.5 Å². The Bertz CT molecular complexity index is 1320.